The highest BCUT2D eigenvalue weighted by molar-refractivity contribution is 7.98. The van der Waals surface area contributed by atoms with E-state index in [0.717, 1.165) is 5.75 Å². The first-order chi connectivity index (χ1) is 12.6. The zero-order valence-electron chi connectivity index (χ0n) is 14.0. The molecule has 148 valence electrons. The van der Waals surface area contributed by atoms with Crippen LogP contribution in [0.25, 0.3) is 0 Å². The molecule has 4 nitrogen and oxygen atoms in total. The summed E-state index contributed by atoms with van der Waals surface area (Å²) in [5, 5.41) is 2.60. The van der Waals surface area contributed by atoms with Crippen molar-refractivity contribution in [1.82, 2.24) is 9.97 Å². The molecule has 27 heavy (non-hydrogen) atoms. The van der Waals surface area contributed by atoms with E-state index in [-0.39, 0.29) is 24.1 Å². The van der Waals surface area contributed by atoms with Gasteiger partial charge in [0.15, 0.2) is 5.75 Å². The van der Waals surface area contributed by atoms with Gasteiger partial charge in [-0.25, -0.2) is 9.97 Å². The van der Waals surface area contributed by atoms with E-state index in [4.69, 9.17) is 4.74 Å². The van der Waals surface area contributed by atoms with Crippen molar-refractivity contribution in [2.45, 2.75) is 18.9 Å². The Morgan fingerprint density at radius 2 is 1.52 bits per heavy atom. The standard InChI is InChI=1S/C16H15F6N3OS/c1-27-3-2-26-13-8-24-14(25-9-13)23-7-10-4-11(15(17,18)19)6-12(5-10)16(20,21)22/h4-6,8-9H,2-3,7H2,1H3,(H,23,24,25). The minimum Gasteiger partial charge on any atom is -0.489 e. The van der Waals surface area contributed by atoms with Crippen molar-refractivity contribution in [1.29, 1.82) is 0 Å². The number of alkyl halides is 6. The van der Waals surface area contributed by atoms with Gasteiger partial charge in [0, 0.05) is 12.3 Å². The molecule has 0 atom stereocenters. The maximum atomic E-state index is 12.8. The third-order valence-electron chi connectivity index (χ3n) is 3.28. The second kappa shape index (κ2) is 8.68. The Kier molecular flexibility index (Phi) is 6.79. The molecule has 11 heteroatoms. The van der Waals surface area contributed by atoms with E-state index in [2.05, 4.69) is 15.3 Å². The van der Waals surface area contributed by atoms with Gasteiger partial charge in [-0.05, 0) is 30.0 Å². The zero-order chi connectivity index (χ0) is 20.1. The normalized spacial score (nSPS) is 12.1. The van der Waals surface area contributed by atoms with Gasteiger partial charge in [-0.1, -0.05) is 0 Å². The fourth-order valence-electron chi connectivity index (χ4n) is 2.03. The molecule has 1 N–H and O–H groups in total. The minimum atomic E-state index is -4.89. The first-order valence-corrected chi connectivity index (χ1v) is 8.95. The quantitative estimate of drug-likeness (QED) is 0.521. The average molecular weight is 411 g/mol. The molecule has 0 aliphatic rings. The number of halogens is 6. The summed E-state index contributed by atoms with van der Waals surface area (Å²) >= 11 is 1.60. The van der Waals surface area contributed by atoms with Gasteiger partial charge in [0.2, 0.25) is 5.95 Å². The molecular weight excluding hydrogens is 396 g/mol. The number of thioether (sulfide) groups is 1. The number of anilines is 1. The number of hydrogen-bond donors (Lipinski definition) is 1. The lowest BCUT2D eigenvalue weighted by Crippen LogP contribution is -2.13. The van der Waals surface area contributed by atoms with Gasteiger partial charge in [-0.2, -0.15) is 38.1 Å². The summed E-state index contributed by atoms with van der Waals surface area (Å²) in [6.07, 6.45) is -5.12. The van der Waals surface area contributed by atoms with Crippen molar-refractivity contribution in [3.8, 4) is 5.75 Å². The van der Waals surface area contributed by atoms with Crippen molar-refractivity contribution in [2.24, 2.45) is 0 Å². The van der Waals surface area contributed by atoms with Crippen LogP contribution in [0.4, 0.5) is 32.3 Å². The molecule has 0 saturated heterocycles. The SMILES string of the molecule is CSCCOc1cnc(NCc2cc(C(F)(F)F)cc(C(F)(F)F)c2)nc1. The molecule has 0 radical (unpaired) electrons. The molecule has 1 aromatic heterocycles. The Morgan fingerprint density at radius 3 is 2.00 bits per heavy atom. The molecule has 0 unspecified atom stereocenters. The van der Waals surface area contributed by atoms with Crippen molar-refractivity contribution in [3.63, 3.8) is 0 Å². The summed E-state index contributed by atoms with van der Waals surface area (Å²) in [7, 11) is 0. The maximum absolute atomic E-state index is 12.8. The van der Waals surface area contributed by atoms with Gasteiger partial charge in [0.05, 0.1) is 30.1 Å². The minimum absolute atomic E-state index is 0.0539. The molecule has 2 aromatic rings. The molecule has 0 aliphatic heterocycles. The lowest BCUT2D eigenvalue weighted by molar-refractivity contribution is -0.143. The predicted molar refractivity (Wildman–Crippen MR) is 89.7 cm³/mol. The molecule has 0 saturated carbocycles. The van der Waals surface area contributed by atoms with Crippen molar-refractivity contribution < 1.29 is 31.1 Å². The molecule has 1 heterocycles. The highest BCUT2D eigenvalue weighted by Crippen LogP contribution is 2.36. The Morgan fingerprint density at radius 1 is 0.963 bits per heavy atom. The average Bonchev–Trinajstić information content (AvgIpc) is 2.59. The van der Waals surface area contributed by atoms with Gasteiger partial charge in [-0.3, -0.25) is 0 Å². The molecule has 0 amide bonds. The van der Waals surface area contributed by atoms with Crippen LogP contribution in [0.1, 0.15) is 16.7 Å². The number of aromatic nitrogens is 2. The topological polar surface area (TPSA) is 47.0 Å². The lowest BCUT2D eigenvalue weighted by atomic mass is 10.0. The molecule has 0 spiro atoms. The number of nitrogens with one attached hydrogen (secondary N) is 1. The number of nitrogens with zero attached hydrogens (tertiary/aromatic N) is 2. The van der Waals surface area contributed by atoms with Gasteiger partial charge in [0.25, 0.3) is 0 Å². The van der Waals surface area contributed by atoms with Gasteiger partial charge >= 0.3 is 12.4 Å². The highest BCUT2D eigenvalue weighted by Gasteiger charge is 2.36. The van der Waals surface area contributed by atoms with Crippen molar-refractivity contribution in [3.05, 3.63) is 47.3 Å². The summed E-state index contributed by atoms with van der Waals surface area (Å²) in [5.41, 5.74) is -2.93. The smallest absolute Gasteiger partial charge is 0.416 e. The first kappa shape index (κ1) is 21.1. The second-order valence-electron chi connectivity index (χ2n) is 5.35. The van der Waals surface area contributed by atoms with E-state index in [0.29, 0.717) is 24.5 Å². The summed E-state index contributed by atoms with van der Waals surface area (Å²) in [6.45, 7) is 0.154. The summed E-state index contributed by atoms with van der Waals surface area (Å²) in [5.74, 6) is 1.24. The summed E-state index contributed by atoms with van der Waals surface area (Å²) in [4.78, 5) is 7.83. The van der Waals surface area contributed by atoms with E-state index in [1.165, 1.54) is 12.4 Å². The maximum Gasteiger partial charge on any atom is 0.416 e. The molecule has 0 bridgehead atoms. The summed E-state index contributed by atoms with van der Waals surface area (Å²) in [6, 6.07) is 1.39. The zero-order valence-corrected chi connectivity index (χ0v) is 14.8. The Bertz CT molecular complexity index is 717. The molecule has 0 aliphatic carbocycles. The van der Waals surface area contributed by atoms with Crippen molar-refractivity contribution in [2.75, 3.05) is 23.9 Å². The van der Waals surface area contributed by atoms with Gasteiger partial charge in [0.1, 0.15) is 0 Å². The van der Waals surface area contributed by atoms with Crippen LogP contribution in [0.2, 0.25) is 0 Å². The van der Waals surface area contributed by atoms with Crippen LogP contribution in [-0.4, -0.2) is 28.6 Å². The highest BCUT2D eigenvalue weighted by atomic mass is 32.2. The molecule has 1 aromatic carbocycles. The van der Waals surface area contributed by atoms with Crippen LogP contribution in [0, 0.1) is 0 Å². The predicted octanol–water partition coefficient (Wildman–Crippen LogP) is 4.87. The van der Waals surface area contributed by atoms with E-state index < -0.39 is 23.5 Å². The Hall–Kier alpha value is -2.17. The fraction of sp³-hybridized carbons (Fsp3) is 0.375. The van der Waals surface area contributed by atoms with Crippen LogP contribution >= 0.6 is 11.8 Å². The van der Waals surface area contributed by atoms with Gasteiger partial charge < -0.3 is 10.1 Å². The number of rotatable bonds is 7. The van der Waals surface area contributed by atoms with Crippen LogP contribution in [0.3, 0.4) is 0 Å². The number of ether oxygens (including phenoxy) is 1. The van der Waals surface area contributed by atoms with E-state index in [1.807, 2.05) is 6.26 Å². The fourth-order valence-corrected chi connectivity index (χ4v) is 2.28. The van der Waals surface area contributed by atoms with Crippen molar-refractivity contribution >= 4 is 17.7 Å². The van der Waals surface area contributed by atoms with E-state index in [9.17, 15) is 26.3 Å². The third kappa shape index (κ3) is 6.49. The lowest BCUT2D eigenvalue weighted by Gasteiger charge is -2.14. The largest absolute Gasteiger partial charge is 0.489 e. The van der Waals surface area contributed by atoms with Crippen LogP contribution in [0.5, 0.6) is 5.75 Å². The van der Waals surface area contributed by atoms with Crippen LogP contribution in [-0.2, 0) is 18.9 Å². The number of benzene rings is 1. The van der Waals surface area contributed by atoms with E-state index in [1.54, 1.807) is 11.8 Å². The molecule has 2 rings (SSSR count). The molecular formula is C16H15F6N3OS. The number of hydrogen-bond acceptors (Lipinski definition) is 5. The van der Waals surface area contributed by atoms with Crippen LogP contribution in [0.15, 0.2) is 30.6 Å². The first-order valence-electron chi connectivity index (χ1n) is 7.55. The monoisotopic (exact) mass is 411 g/mol. The van der Waals surface area contributed by atoms with Crippen LogP contribution < -0.4 is 10.1 Å². The Balaban J connectivity index is 2.10. The molecule has 0 fully saturated rings. The van der Waals surface area contributed by atoms with E-state index >= 15 is 0 Å². The Labute approximate surface area is 155 Å². The summed E-state index contributed by atoms with van der Waals surface area (Å²) < 4.78 is 82.4. The second-order valence-corrected chi connectivity index (χ2v) is 6.34. The van der Waals surface area contributed by atoms with Gasteiger partial charge in [-0.15, -0.1) is 0 Å². The third-order valence-corrected chi connectivity index (χ3v) is 3.86.